The lowest BCUT2D eigenvalue weighted by Gasteiger charge is -2.12. The molecule has 8 heteroatoms. The van der Waals surface area contributed by atoms with Gasteiger partial charge in [-0.15, -0.1) is 11.0 Å². The van der Waals surface area contributed by atoms with Crippen LogP contribution in [-0.2, 0) is 14.8 Å². The largest absolute Gasteiger partial charge is 0.465 e. The lowest BCUT2D eigenvalue weighted by Crippen LogP contribution is -2.29. The van der Waals surface area contributed by atoms with Crippen LogP contribution in [0.2, 0.25) is 0 Å². The van der Waals surface area contributed by atoms with Crippen molar-refractivity contribution in [3.05, 3.63) is 71.5 Å². The van der Waals surface area contributed by atoms with Crippen LogP contribution in [0.5, 0.6) is 0 Å². The zero-order valence-corrected chi connectivity index (χ0v) is 15.6. The SMILES string of the molecule is C=CCN1C(=O)/C(=C/c2ccco2)S/C1=N/S(=O)(=O)c1ccc(C)cc1. The van der Waals surface area contributed by atoms with Gasteiger partial charge in [0.25, 0.3) is 15.9 Å². The number of amides is 1. The van der Waals surface area contributed by atoms with Gasteiger partial charge in [0, 0.05) is 12.6 Å². The van der Waals surface area contributed by atoms with Crippen molar-refractivity contribution >= 4 is 38.9 Å². The Hall–Kier alpha value is -2.58. The predicted octanol–water partition coefficient (Wildman–Crippen LogP) is 3.44. The highest BCUT2D eigenvalue weighted by Gasteiger charge is 2.34. The first-order chi connectivity index (χ1) is 12.4. The fourth-order valence-corrected chi connectivity index (χ4v) is 4.40. The molecular formula is C18H16N2O4S2. The third-order valence-corrected chi connectivity index (χ3v) is 5.94. The van der Waals surface area contributed by atoms with E-state index in [9.17, 15) is 13.2 Å². The summed E-state index contributed by atoms with van der Waals surface area (Å²) in [5, 5.41) is 0.0910. The monoisotopic (exact) mass is 388 g/mol. The van der Waals surface area contributed by atoms with Gasteiger partial charge in [-0.05, 0) is 43.0 Å². The maximum absolute atomic E-state index is 12.6. The number of hydrogen-bond acceptors (Lipinski definition) is 5. The van der Waals surface area contributed by atoms with Crippen molar-refractivity contribution < 1.29 is 17.6 Å². The van der Waals surface area contributed by atoms with Crippen molar-refractivity contribution in [3.8, 4) is 0 Å². The summed E-state index contributed by atoms with van der Waals surface area (Å²) in [6, 6.07) is 9.79. The highest BCUT2D eigenvalue weighted by molar-refractivity contribution is 8.19. The second kappa shape index (κ2) is 7.35. The highest BCUT2D eigenvalue weighted by Crippen LogP contribution is 2.33. The van der Waals surface area contributed by atoms with Gasteiger partial charge >= 0.3 is 0 Å². The molecule has 1 amide bonds. The number of sulfonamides is 1. The molecule has 0 atom stereocenters. The summed E-state index contributed by atoms with van der Waals surface area (Å²) >= 11 is 0.990. The Labute approximate surface area is 156 Å². The molecule has 6 nitrogen and oxygen atoms in total. The number of thioether (sulfide) groups is 1. The average Bonchev–Trinajstić information content (AvgIpc) is 3.20. The van der Waals surface area contributed by atoms with Crippen molar-refractivity contribution in [2.24, 2.45) is 4.40 Å². The van der Waals surface area contributed by atoms with Crippen LogP contribution < -0.4 is 0 Å². The Morgan fingerprint density at radius 1 is 1.27 bits per heavy atom. The Morgan fingerprint density at radius 2 is 2.00 bits per heavy atom. The summed E-state index contributed by atoms with van der Waals surface area (Å²) in [4.78, 5) is 14.3. The maximum atomic E-state index is 12.6. The van der Waals surface area contributed by atoms with E-state index in [2.05, 4.69) is 11.0 Å². The Morgan fingerprint density at radius 3 is 2.62 bits per heavy atom. The summed E-state index contributed by atoms with van der Waals surface area (Å²) in [5.41, 5.74) is 0.943. The van der Waals surface area contributed by atoms with Crippen molar-refractivity contribution in [1.82, 2.24) is 4.90 Å². The summed E-state index contributed by atoms with van der Waals surface area (Å²) in [6.07, 6.45) is 4.57. The van der Waals surface area contributed by atoms with Gasteiger partial charge in [-0.3, -0.25) is 9.69 Å². The van der Waals surface area contributed by atoms with Crippen LogP contribution in [0, 0.1) is 6.92 Å². The fourth-order valence-electron chi connectivity index (χ4n) is 2.23. The van der Waals surface area contributed by atoms with Gasteiger partial charge in [-0.1, -0.05) is 23.8 Å². The fraction of sp³-hybridized carbons (Fsp3) is 0.111. The minimum absolute atomic E-state index is 0.0747. The quantitative estimate of drug-likeness (QED) is 0.579. The molecule has 1 fully saturated rings. The molecule has 0 unspecified atom stereocenters. The number of aryl methyl sites for hydroxylation is 1. The van der Waals surface area contributed by atoms with E-state index in [1.165, 1.54) is 29.4 Å². The first-order valence-corrected chi connectivity index (χ1v) is 9.94. The standard InChI is InChI=1S/C18H16N2O4S2/c1-3-10-20-17(21)16(12-14-5-4-11-24-14)25-18(20)19-26(22,23)15-8-6-13(2)7-9-15/h3-9,11-12H,1,10H2,2H3/b16-12-,19-18+. The van der Waals surface area contributed by atoms with Crippen LogP contribution in [0.3, 0.4) is 0 Å². The first-order valence-electron chi connectivity index (χ1n) is 7.68. The molecule has 1 saturated heterocycles. The second-order valence-electron chi connectivity index (χ2n) is 5.49. The number of carbonyl (C=O) groups excluding carboxylic acids is 1. The number of benzene rings is 1. The molecule has 134 valence electrons. The summed E-state index contributed by atoms with van der Waals surface area (Å²) < 4.78 is 34.2. The zero-order chi connectivity index (χ0) is 18.7. The molecule has 2 aromatic rings. The van der Waals surface area contributed by atoms with Crippen LogP contribution in [0.25, 0.3) is 6.08 Å². The van der Waals surface area contributed by atoms with Crippen LogP contribution in [0.4, 0.5) is 0 Å². The summed E-state index contributed by atoms with van der Waals surface area (Å²) in [5.74, 6) is 0.159. The van der Waals surface area contributed by atoms with E-state index in [1.807, 2.05) is 6.92 Å². The highest BCUT2D eigenvalue weighted by atomic mass is 32.2. The third-order valence-electron chi connectivity index (χ3n) is 3.53. The zero-order valence-electron chi connectivity index (χ0n) is 14.0. The smallest absolute Gasteiger partial charge is 0.284 e. The van der Waals surface area contributed by atoms with E-state index in [0.717, 1.165) is 17.3 Å². The third kappa shape index (κ3) is 3.81. The minimum Gasteiger partial charge on any atom is -0.465 e. The molecule has 0 saturated carbocycles. The van der Waals surface area contributed by atoms with Gasteiger partial charge < -0.3 is 4.42 Å². The molecule has 0 N–H and O–H groups in total. The molecule has 0 radical (unpaired) electrons. The number of hydrogen-bond donors (Lipinski definition) is 0. The van der Waals surface area contributed by atoms with Crippen LogP contribution >= 0.6 is 11.8 Å². The predicted molar refractivity (Wildman–Crippen MR) is 102 cm³/mol. The maximum Gasteiger partial charge on any atom is 0.284 e. The number of furan rings is 1. The molecule has 0 spiro atoms. The molecule has 1 aromatic heterocycles. The molecule has 2 heterocycles. The van der Waals surface area contributed by atoms with E-state index in [4.69, 9.17) is 4.42 Å². The second-order valence-corrected chi connectivity index (χ2v) is 8.11. The van der Waals surface area contributed by atoms with Crippen molar-refractivity contribution in [3.63, 3.8) is 0 Å². The Bertz CT molecular complexity index is 988. The van der Waals surface area contributed by atoms with E-state index < -0.39 is 10.0 Å². The summed E-state index contributed by atoms with van der Waals surface area (Å²) in [6.45, 7) is 5.64. The van der Waals surface area contributed by atoms with E-state index >= 15 is 0 Å². The number of rotatable bonds is 5. The van der Waals surface area contributed by atoms with Gasteiger partial charge in [-0.25, -0.2) is 0 Å². The lowest BCUT2D eigenvalue weighted by molar-refractivity contribution is -0.121. The Balaban J connectivity index is 1.98. The molecule has 0 aliphatic carbocycles. The number of nitrogens with zero attached hydrogens (tertiary/aromatic N) is 2. The lowest BCUT2D eigenvalue weighted by atomic mass is 10.2. The molecule has 1 aromatic carbocycles. The molecule has 1 aliphatic rings. The molecule has 1 aliphatic heterocycles. The van der Waals surface area contributed by atoms with Crippen molar-refractivity contribution in [1.29, 1.82) is 0 Å². The molecular weight excluding hydrogens is 372 g/mol. The van der Waals surface area contributed by atoms with Gasteiger partial charge in [0.05, 0.1) is 16.1 Å². The van der Waals surface area contributed by atoms with Crippen LogP contribution in [0.1, 0.15) is 11.3 Å². The first kappa shape index (κ1) is 18.2. The summed E-state index contributed by atoms with van der Waals surface area (Å²) in [7, 11) is -3.93. The normalized spacial score (nSPS) is 18.0. The van der Waals surface area contributed by atoms with E-state index in [-0.39, 0.29) is 22.5 Å². The Kier molecular flexibility index (Phi) is 5.15. The van der Waals surface area contributed by atoms with Gasteiger partial charge in [-0.2, -0.15) is 8.42 Å². The van der Waals surface area contributed by atoms with Gasteiger partial charge in [0.2, 0.25) is 0 Å². The van der Waals surface area contributed by atoms with Gasteiger partial charge in [0.1, 0.15) is 5.76 Å². The molecule has 3 rings (SSSR count). The topological polar surface area (TPSA) is 80.0 Å². The van der Waals surface area contributed by atoms with Crippen molar-refractivity contribution in [2.75, 3.05) is 6.54 Å². The van der Waals surface area contributed by atoms with Crippen molar-refractivity contribution in [2.45, 2.75) is 11.8 Å². The number of amidine groups is 1. The van der Waals surface area contributed by atoms with E-state index in [1.54, 1.807) is 30.3 Å². The average molecular weight is 388 g/mol. The molecule has 26 heavy (non-hydrogen) atoms. The van der Waals surface area contributed by atoms with E-state index in [0.29, 0.717) is 10.7 Å². The van der Waals surface area contributed by atoms with Crippen LogP contribution in [-0.4, -0.2) is 30.9 Å². The molecule has 0 bridgehead atoms. The van der Waals surface area contributed by atoms with Gasteiger partial charge in [0.15, 0.2) is 5.17 Å². The minimum atomic E-state index is -3.93. The number of carbonyl (C=O) groups is 1. The van der Waals surface area contributed by atoms with Crippen LogP contribution in [0.15, 0.2) is 73.9 Å².